The molecule has 0 heterocycles. The molecule has 2 aromatic rings. The third kappa shape index (κ3) is 5.70. The van der Waals surface area contributed by atoms with E-state index in [4.69, 9.17) is 4.74 Å². The molecule has 2 amide bonds. The van der Waals surface area contributed by atoms with Crippen molar-refractivity contribution in [3.8, 4) is 5.75 Å². The summed E-state index contributed by atoms with van der Waals surface area (Å²) >= 11 is 0. The highest BCUT2D eigenvalue weighted by molar-refractivity contribution is 6.05. The number of hydrogen-bond donors (Lipinski definition) is 2. The van der Waals surface area contributed by atoms with Crippen molar-refractivity contribution in [1.29, 1.82) is 0 Å². The number of nitrogens with one attached hydrogen (secondary N) is 2. The van der Waals surface area contributed by atoms with E-state index in [1.807, 2.05) is 25.1 Å². The molecule has 29 heavy (non-hydrogen) atoms. The minimum absolute atomic E-state index is 0.117. The summed E-state index contributed by atoms with van der Waals surface area (Å²) in [5.74, 6) is 0.242. The van der Waals surface area contributed by atoms with Crippen LogP contribution in [0, 0.1) is 6.92 Å². The predicted molar refractivity (Wildman–Crippen MR) is 116 cm³/mol. The van der Waals surface area contributed by atoms with Gasteiger partial charge in [0.05, 0.1) is 12.8 Å². The lowest BCUT2D eigenvalue weighted by Gasteiger charge is -2.13. The van der Waals surface area contributed by atoms with Gasteiger partial charge in [-0.3, -0.25) is 9.59 Å². The van der Waals surface area contributed by atoms with Gasteiger partial charge in [0.1, 0.15) is 5.75 Å². The van der Waals surface area contributed by atoms with Gasteiger partial charge in [-0.15, -0.1) is 0 Å². The lowest BCUT2D eigenvalue weighted by Crippen LogP contribution is -2.25. The predicted octanol–water partition coefficient (Wildman–Crippen LogP) is 4.88. The summed E-state index contributed by atoms with van der Waals surface area (Å²) in [5, 5.41) is 5.83. The van der Waals surface area contributed by atoms with Gasteiger partial charge in [-0.05, 0) is 81.0 Å². The van der Waals surface area contributed by atoms with E-state index in [-0.39, 0.29) is 11.8 Å². The van der Waals surface area contributed by atoms with Crippen LogP contribution >= 0.6 is 0 Å². The van der Waals surface area contributed by atoms with E-state index >= 15 is 0 Å². The summed E-state index contributed by atoms with van der Waals surface area (Å²) in [6.07, 6.45) is 8.02. The van der Waals surface area contributed by atoms with Crippen LogP contribution in [0.3, 0.4) is 0 Å². The van der Waals surface area contributed by atoms with Crippen molar-refractivity contribution < 1.29 is 14.3 Å². The summed E-state index contributed by atoms with van der Waals surface area (Å²) < 4.78 is 5.30. The molecular weight excluding hydrogens is 364 g/mol. The van der Waals surface area contributed by atoms with E-state index < -0.39 is 0 Å². The summed E-state index contributed by atoms with van der Waals surface area (Å²) in [6.45, 7) is 2.59. The van der Waals surface area contributed by atoms with Crippen molar-refractivity contribution in [2.75, 3.05) is 19.0 Å². The number of anilines is 1. The molecule has 152 valence electrons. The minimum Gasteiger partial charge on any atom is -0.495 e. The van der Waals surface area contributed by atoms with Gasteiger partial charge in [0.2, 0.25) is 0 Å². The minimum atomic E-state index is -0.245. The second kappa shape index (κ2) is 9.92. The van der Waals surface area contributed by atoms with Gasteiger partial charge < -0.3 is 15.4 Å². The topological polar surface area (TPSA) is 67.4 Å². The van der Waals surface area contributed by atoms with Gasteiger partial charge >= 0.3 is 0 Å². The van der Waals surface area contributed by atoms with Crippen LogP contribution in [0.2, 0.25) is 0 Å². The number of hydrogen-bond acceptors (Lipinski definition) is 3. The fourth-order valence-electron chi connectivity index (χ4n) is 3.46. The number of allylic oxidation sites excluding steroid dienone is 1. The zero-order chi connectivity index (χ0) is 20.6. The average Bonchev–Trinajstić information content (AvgIpc) is 2.74. The fourth-order valence-corrected chi connectivity index (χ4v) is 3.46. The highest BCUT2D eigenvalue weighted by Crippen LogP contribution is 2.25. The molecule has 5 nitrogen and oxygen atoms in total. The van der Waals surface area contributed by atoms with Crippen LogP contribution in [0.4, 0.5) is 5.69 Å². The number of benzene rings is 2. The molecule has 0 fully saturated rings. The number of carbonyl (C=O) groups excluding carboxylic acids is 2. The van der Waals surface area contributed by atoms with E-state index in [2.05, 4.69) is 16.7 Å². The number of amides is 2. The summed E-state index contributed by atoms with van der Waals surface area (Å²) in [4.78, 5) is 24.9. The number of methoxy groups -OCH3 is 1. The van der Waals surface area contributed by atoms with Crippen molar-refractivity contribution in [2.24, 2.45) is 0 Å². The molecule has 0 aromatic heterocycles. The van der Waals surface area contributed by atoms with Crippen molar-refractivity contribution in [3.05, 3.63) is 70.8 Å². The molecule has 0 aliphatic heterocycles. The van der Waals surface area contributed by atoms with Crippen molar-refractivity contribution >= 4 is 17.5 Å². The molecule has 0 unspecified atom stereocenters. The second-order valence-electron chi connectivity index (χ2n) is 7.35. The Bertz CT molecular complexity index is 901. The first-order valence-electron chi connectivity index (χ1n) is 10.1. The van der Waals surface area contributed by atoms with Gasteiger partial charge in [0, 0.05) is 17.7 Å². The number of ether oxygens (including phenoxy) is 1. The molecule has 5 heteroatoms. The average molecular weight is 392 g/mol. The Balaban J connectivity index is 1.56. The summed E-state index contributed by atoms with van der Waals surface area (Å²) in [7, 11) is 1.57. The molecule has 3 rings (SSSR count). The van der Waals surface area contributed by atoms with Crippen LogP contribution in [0.15, 0.2) is 54.1 Å². The maximum absolute atomic E-state index is 12.5. The van der Waals surface area contributed by atoms with Crippen LogP contribution < -0.4 is 15.4 Å². The maximum atomic E-state index is 12.5. The highest BCUT2D eigenvalue weighted by Gasteiger charge is 2.12. The van der Waals surface area contributed by atoms with E-state index in [1.54, 1.807) is 31.4 Å². The molecule has 0 saturated heterocycles. The largest absolute Gasteiger partial charge is 0.495 e. The lowest BCUT2D eigenvalue weighted by atomic mass is 9.97. The van der Waals surface area contributed by atoms with Gasteiger partial charge in [0.25, 0.3) is 11.8 Å². The Labute approximate surface area is 172 Å². The standard InChI is InChI=1S/C24H28N2O3/c1-17-8-13-22(29-2)21(16-17)26-24(28)20-11-9-19(10-12-20)23(27)25-15-14-18-6-4-3-5-7-18/h6,8-13,16H,3-5,7,14-15H2,1-2H3,(H,25,27)(H,26,28). The van der Waals surface area contributed by atoms with E-state index in [9.17, 15) is 9.59 Å². The number of rotatable bonds is 7. The molecule has 1 aliphatic carbocycles. The molecule has 2 aromatic carbocycles. The van der Waals surface area contributed by atoms with E-state index in [0.29, 0.717) is 29.1 Å². The van der Waals surface area contributed by atoms with Crippen molar-refractivity contribution in [1.82, 2.24) is 5.32 Å². The van der Waals surface area contributed by atoms with E-state index in [0.717, 1.165) is 24.8 Å². The summed E-state index contributed by atoms with van der Waals surface area (Å²) in [6, 6.07) is 12.3. The zero-order valence-corrected chi connectivity index (χ0v) is 17.1. The lowest BCUT2D eigenvalue weighted by molar-refractivity contribution is 0.0952. The number of aryl methyl sites for hydroxylation is 1. The monoisotopic (exact) mass is 392 g/mol. The Morgan fingerprint density at radius 2 is 1.72 bits per heavy atom. The molecular formula is C24H28N2O3. The molecule has 0 atom stereocenters. The first-order chi connectivity index (χ1) is 14.1. The molecule has 1 aliphatic rings. The van der Waals surface area contributed by atoms with Gasteiger partial charge in [-0.25, -0.2) is 0 Å². The van der Waals surface area contributed by atoms with Crippen molar-refractivity contribution in [3.63, 3.8) is 0 Å². The molecule has 0 bridgehead atoms. The van der Waals surface area contributed by atoms with Crippen molar-refractivity contribution in [2.45, 2.75) is 39.0 Å². The Kier molecular flexibility index (Phi) is 7.06. The van der Waals surface area contributed by atoms with Crippen LogP contribution in [-0.2, 0) is 0 Å². The van der Waals surface area contributed by atoms with Gasteiger partial charge in [0.15, 0.2) is 0 Å². The third-order valence-corrected chi connectivity index (χ3v) is 5.13. The third-order valence-electron chi connectivity index (χ3n) is 5.13. The summed E-state index contributed by atoms with van der Waals surface area (Å²) in [5.41, 5.74) is 4.12. The van der Waals surface area contributed by atoms with Crippen LogP contribution in [0.25, 0.3) is 0 Å². The second-order valence-corrected chi connectivity index (χ2v) is 7.35. The van der Waals surface area contributed by atoms with Gasteiger partial charge in [-0.2, -0.15) is 0 Å². The highest BCUT2D eigenvalue weighted by atomic mass is 16.5. The number of carbonyl (C=O) groups is 2. The Hall–Kier alpha value is -3.08. The van der Waals surface area contributed by atoms with Crippen LogP contribution in [-0.4, -0.2) is 25.5 Å². The maximum Gasteiger partial charge on any atom is 0.255 e. The molecule has 0 spiro atoms. The van der Waals surface area contributed by atoms with Crippen LogP contribution in [0.5, 0.6) is 5.75 Å². The smallest absolute Gasteiger partial charge is 0.255 e. The Morgan fingerprint density at radius 3 is 2.38 bits per heavy atom. The van der Waals surface area contributed by atoms with Gasteiger partial charge in [-0.1, -0.05) is 17.7 Å². The van der Waals surface area contributed by atoms with E-state index in [1.165, 1.54) is 18.4 Å². The molecule has 0 radical (unpaired) electrons. The normalized spacial score (nSPS) is 13.4. The fraction of sp³-hybridized carbons (Fsp3) is 0.333. The first kappa shape index (κ1) is 20.6. The Morgan fingerprint density at radius 1 is 1.00 bits per heavy atom. The molecule has 0 saturated carbocycles. The first-order valence-corrected chi connectivity index (χ1v) is 10.1. The van der Waals surface area contributed by atoms with Crippen LogP contribution in [0.1, 0.15) is 58.4 Å². The molecule has 2 N–H and O–H groups in total. The zero-order valence-electron chi connectivity index (χ0n) is 17.1. The SMILES string of the molecule is COc1ccc(C)cc1NC(=O)c1ccc(C(=O)NCCC2=CCCCC2)cc1. The quantitative estimate of drug-likeness (QED) is 0.660.